The van der Waals surface area contributed by atoms with Crippen LogP contribution in [0.25, 0.3) is 0 Å². The molecule has 0 fully saturated rings. The van der Waals surface area contributed by atoms with Crippen molar-refractivity contribution in [3.63, 3.8) is 0 Å². The van der Waals surface area contributed by atoms with Gasteiger partial charge < -0.3 is 5.32 Å². The Morgan fingerprint density at radius 3 is 2.11 bits per heavy atom. The molecule has 0 saturated heterocycles. The van der Waals surface area contributed by atoms with Crippen LogP contribution in [-0.4, -0.2) is 11.4 Å². The molecule has 0 aliphatic carbocycles. The molecule has 0 unspecified atom stereocenters. The predicted molar refractivity (Wildman–Crippen MR) is 40.9 cm³/mol. The molecule has 0 aromatic heterocycles. The number of amidine groups is 1. The van der Waals surface area contributed by atoms with Gasteiger partial charge in [0.2, 0.25) is 0 Å². The largest absolute Gasteiger partial charge is 0.369 e. The molecular weight excluding hydrogens is 112 g/mol. The summed E-state index contributed by atoms with van der Waals surface area (Å²) in [6, 6.07) is 0. The Morgan fingerprint density at radius 2 is 2.00 bits per heavy atom. The maximum Gasteiger partial charge on any atom is 0.0903 e. The van der Waals surface area contributed by atoms with E-state index in [0.717, 1.165) is 6.42 Å². The molecular formula is C7H16N2. The Hall–Kier alpha value is -0.530. The highest BCUT2D eigenvalue weighted by molar-refractivity contribution is 5.76. The van der Waals surface area contributed by atoms with Gasteiger partial charge in [-0.3, -0.25) is 5.41 Å². The minimum absolute atomic E-state index is 0.0891. The zero-order valence-electron chi connectivity index (χ0n) is 6.71. The molecule has 0 rings (SSSR count). The van der Waals surface area contributed by atoms with E-state index in [2.05, 4.69) is 26.1 Å². The standard InChI is InChI=1S/C7H16N2/c1-5-7(3,4)9-6(2)8/h5H2,1-4H3,(H2,8,9). The van der Waals surface area contributed by atoms with E-state index in [1.807, 2.05) is 0 Å². The highest BCUT2D eigenvalue weighted by Crippen LogP contribution is 2.05. The molecule has 0 aromatic rings. The number of nitrogens with one attached hydrogen (secondary N) is 2. The van der Waals surface area contributed by atoms with E-state index < -0.39 is 0 Å². The first-order valence-electron chi connectivity index (χ1n) is 3.31. The minimum atomic E-state index is 0.0891. The molecule has 0 heterocycles. The van der Waals surface area contributed by atoms with Crippen molar-refractivity contribution >= 4 is 5.84 Å². The van der Waals surface area contributed by atoms with Crippen LogP contribution in [0.1, 0.15) is 34.1 Å². The van der Waals surface area contributed by atoms with Gasteiger partial charge in [-0.15, -0.1) is 0 Å². The Kier molecular flexibility index (Phi) is 2.68. The molecule has 0 aromatic carbocycles. The summed E-state index contributed by atoms with van der Waals surface area (Å²) in [5, 5.41) is 10.2. The molecule has 9 heavy (non-hydrogen) atoms. The third-order valence-electron chi connectivity index (χ3n) is 1.41. The van der Waals surface area contributed by atoms with Gasteiger partial charge in [-0.25, -0.2) is 0 Å². The third-order valence-corrected chi connectivity index (χ3v) is 1.41. The van der Waals surface area contributed by atoms with Crippen molar-refractivity contribution in [1.29, 1.82) is 5.41 Å². The lowest BCUT2D eigenvalue weighted by Gasteiger charge is -2.24. The molecule has 54 valence electrons. The molecule has 2 N–H and O–H groups in total. The molecule has 0 atom stereocenters. The Balaban J connectivity index is 3.71. The lowest BCUT2D eigenvalue weighted by atomic mass is 10.0. The van der Waals surface area contributed by atoms with Crippen LogP contribution in [0, 0.1) is 5.41 Å². The predicted octanol–water partition coefficient (Wildman–Crippen LogP) is 1.76. The smallest absolute Gasteiger partial charge is 0.0903 e. The molecule has 0 amide bonds. The van der Waals surface area contributed by atoms with Crippen molar-refractivity contribution in [2.75, 3.05) is 0 Å². The van der Waals surface area contributed by atoms with Crippen LogP contribution < -0.4 is 5.32 Å². The second-order valence-electron chi connectivity index (χ2n) is 2.99. The number of hydrogen-bond acceptors (Lipinski definition) is 1. The summed E-state index contributed by atoms with van der Waals surface area (Å²) in [4.78, 5) is 0. The topological polar surface area (TPSA) is 35.9 Å². The minimum Gasteiger partial charge on any atom is -0.369 e. The van der Waals surface area contributed by atoms with E-state index in [1.165, 1.54) is 0 Å². The number of hydrogen-bond donors (Lipinski definition) is 2. The summed E-state index contributed by atoms with van der Waals surface area (Å²) in [6.45, 7) is 8.05. The fourth-order valence-corrected chi connectivity index (χ4v) is 0.596. The van der Waals surface area contributed by atoms with Gasteiger partial charge in [0.1, 0.15) is 0 Å². The van der Waals surface area contributed by atoms with Gasteiger partial charge in [0.25, 0.3) is 0 Å². The first-order valence-corrected chi connectivity index (χ1v) is 3.31. The number of rotatable bonds is 2. The monoisotopic (exact) mass is 128 g/mol. The van der Waals surface area contributed by atoms with Crippen LogP contribution in [-0.2, 0) is 0 Å². The van der Waals surface area contributed by atoms with Crippen LogP contribution in [0.2, 0.25) is 0 Å². The molecule has 2 heteroatoms. The van der Waals surface area contributed by atoms with Gasteiger partial charge in [-0.2, -0.15) is 0 Å². The van der Waals surface area contributed by atoms with Crippen LogP contribution >= 0.6 is 0 Å². The van der Waals surface area contributed by atoms with Crippen molar-refractivity contribution in [2.24, 2.45) is 0 Å². The summed E-state index contributed by atoms with van der Waals surface area (Å²) in [5.41, 5.74) is 0.0891. The molecule has 0 saturated carbocycles. The van der Waals surface area contributed by atoms with E-state index in [9.17, 15) is 0 Å². The van der Waals surface area contributed by atoms with Gasteiger partial charge >= 0.3 is 0 Å². The van der Waals surface area contributed by atoms with Crippen molar-refractivity contribution < 1.29 is 0 Å². The molecule has 0 spiro atoms. The van der Waals surface area contributed by atoms with E-state index >= 15 is 0 Å². The van der Waals surface area contributed by atoms with E-state index in [1.54, 1.807) is 6.92 Å². The Morgan fingerprint density at radius 1 is 1.56 bits per heavy atom. The van der Waals surface area contributed by atoms with Gasteiger partial charge in [0.05, 0.1) is 5.84 Å². The summed E-state index contributed by atoms with van der Waals surface area (Å²) < 4.78 is 0. The fraction of sp³-hybridized carbons (Fsp3) is 0.857. The Labute approximate surface area is 57.2 Å². The lowest BCUT2D eigenvalue weighted by Crippen LogP contribution is -2.41. The first kappa shape index (κ1) is 8.47. The maximum atomic E-state index is 7.14. The first-order chi connectivity index (χ1) is 3.98. The van der Waals surface area contributed by atoms with Crippen LogP contribution in [0.5, 0.6) is 0 Å². The van der Waals surface area contributed by atoms with Crippen LogP contribution in [0.15, 0.2) is 0 Å². The van der Waals surface area contributed by atoms with Crippen molar-refractivity contribution in [3.05, 3.63) is 0 Å². The average molecular weight is 128 g/mol. The van der Waals surface area contributed by atoms with E-state index in [-0.39, 0.29) is 5.54 Å². The average Bonchev–Trinajstić information content (AvgIpc) is 1.63. The van der Waals surface area contributed by atoms with E-state index in [4.69, 9.17) is 5.41 Å². The van der Waals surface area contributed by atoms with Crippen LogP contribution in [0.4, 0.5) is 0 Å². The molecule has 0 radical (unpaired) electrons. The zero-order chi connectivity index (χ0) is 7.49. The van der Waals surface area contributed by atoms with Crippen molar-refractivity contribution in [2.45, 2.75) is 39.7 Å². The molecule has 0 bridgehead atoms. The van der Waals surface area contributed by atoms with Gasteiger partial charge in [0, 0.05) is 5.54 Å². The second-order valence-corrected chi connectivity index (χ2v) is 2.99. The SMILES string of the molecule is CCC(C)(C)NC(C)=N. The van der Waals surface area contributed by atoms with Gasteiger partial charge in [-0.1, -0.05) is 6.92 Å². The van der Waals surface area contributed by atoms with E-state index in [0.29, 0.717) is 5.84 Å². The van der Waals surface area contributed by atoms with Gasteiger partial charge in [0.15, 0.2) is 0 Å². The highest BCUT2D eigenvalue weighted by Gasteiger charge is 2.12. The Bertz CT molecular complexity index is 105. The second kappa shape index (κ2) is 2.85. The quantitative estimate of drug-likeness (QED) is 0.431. The molecule has 2 nitrogen and oxygen atoms in total. The fourth-order valence-electron chi connectivity index (χ4n) is 0.596. The normalized spacial score (nSPS) is 11.1. The molecule has 0 aliphatic heterocycles. The van der Waals surface area contributed by atoms with Crippen molar-refractivity contribution in [3.8, 4) is 0 Å². The van der Waals surface area contributed by atoms with Crippen molar-refractivity contribution in [1.82, 2.24) is 5.32 Å². The highest BCUT2D eigenvalue weighted by atomic mass is 15.0. The third kappa shape index (κ3) is 4.01. The van der Waals surface area contributed by atoms with Crippen LogP contribution in [0.3, 0.4) is 0 Å². The molecule has 0 aliphatic rings. The lowest BCUT2D eigenvalue weighted by molar-refractivity contribution is 0.443. The van der Waals surface area contributed by atoms with Gasteiger partial charge in [-0.05, 0) is 27.2 Å². The summed E-state index contributed by atoms with van der Waals surface area (Å²) >= 11 is 0. The zero-order valence-corrected chi connectivity index (χ0v) is 6.71. The summed E-state index contributed by atoms with van der Waals surface area (Å²) in [7, 11) is 0. The maximum absolute atomic E-state index is 7.14. The summed E-state index contributed by atoms with van der Waals surface area (Å²) in [6.07, 6.45) is 1.04. The summed E-state index contributed by atoms with van der Waals surface area (Å²) in [5.74, 6) is 0.543.